The van der Waals surface area contributed by atoms with Crippen LogP contribution < -0.4 is 0 Å². The number of aliphatic carboxylic acids is 3. The van der Waals surface area contributed by atoms with Gasteiger partial charge in [-0.25, -0.2) is 0 Å². The Kier molecular flexibility index (Phi) is 47.3. The number of hydrogen-bond acceptors (Lipinski definition) is 14. The van der Waals surface area contributed by atoms with Gasteiger partial charge in [-0.15, -0.1) is 0 Å². The fourth-order valence-corrected chi connectivity index (χ4v) is 14.2. The number of carboxylic acids is 3. The van der Waals surface area contributed by atoms with Gasteiger partial charge in [-0.2, -0.15) is 0 Å². The first-order valence-electron chi connectivity index (χ1n) is 37.8. The average molecular weight is 1520 g/mol. The number of ketones is 1. The number of carbonyl (C=O) groups excluding carboxylic acids is 4. The van der Waals surface area contributed by atoms with Gasteiger partial charge in [0, 0.05) is 33.5 Å². The first-order chi connectivity index (χ1) is 47.7. The summed E-state index contributed by atoms with van der Waals surface area (Å²) in [5.74, 6) is 1.14. The Bertz CT molecular complexity index is 2710. The molecule has 102 heavy (non-hydrogen) atoms. The van der Waals surface area contributed by atoms with E-state index < -0.39 is 40.6 Å². The Morgan fingerprint density at radius 3 is 1.10 bits per heavy atom. The third-order valence-corrected chi connectivity index (χ3v) is 22.7. The van der Waals surface area contributed by atoms with Crippen LogP contribution in [0.4, 0.5) is 0 Å². The normalized spacial score (nSPS) is 27.3. The molecule has 18 heteroatoms. The summed E-state index contributed by atoms with van der Waals surface area (Å²) < 4.78 is 26.1. The smallest absolute Gasteiger partial charge is 0.312 e. The van der Waals surface area contributed by atoms with Crippen LogP contribution in [0.3, 0.4) is 0 Å². The minimum atomic E-state index is -0.836. The zero-order chi connectivity index (χ0) is 74.2. The summed E-state index contributed by atoms with van der Waals surface area (Å²) in [7, 11) is 2.97. The minimum absolute atomic E-state index is 0. The molecule has 0 heterocycles. The molecular weight excluding hydrogens is 1390 g/mol. The predicted molar refractivity (Wildman–Crippen MR) is 398 cm³/mol. The van der Waals surface area contributed by atoms with Crippen LogP contribution in [-0.4, -0.2) is 108 Å². The van der Waals surface area contributed by atoms with Crippen LogP contribution in [0.1, 0.15) is 252 Å². The van der Waals surface area contributed by atoms with Crippen LogP contribution >= 0.6 is 0 Å². The van der Waals surface area contributed by atoms with Crippen LogP contribution in [0.15, 0.2) is 91.0 Å². The monoisotopic (exact) mass is 1520 g/mol. The van der Waals surface area contributed by atoms with E-state index in [0.717, 1.165) is 164 Å². The number of Topliss-reactive ketones (excluding diaryl/α,β-unsaturated/α-hetero) is 1. The molecule has 0 aliphatic heterocycles. The molecule has 0 unspecified atom stereocenters. The van der Waals surface area contributed by atoms with E-state index in [4.69, 9.17) is 39.4 Å². The summed E-state index contributed by atoms with van der Waals surface area (Å²) in [6.45, 7) is 21.1. The molecule has 0 bridgehead atoms. The molecule has 0 radical (unpaired) electrons. The van der Waals surface area contributed by atoms with Crippen molar-refractivity contribution in [1.29, 1.82) is 0 Å². The van der Waals surface area contributed by atoms with Crippen molar-refractivity contribution >= 4 is 41.6 Å². The molecule has 5 N–H and O–H groups in total. The van der Waals surface area contributed by atoms with Gasteiger partial charge in [-0.1, -0.05) is 146 Å². The van der Waals surface area contributed by atoms with Crippen LogP contribution in [-0.2, 0) is 97.5 Å². The fraction of sp³-hybridized carbons (Fsp3) is 0.690. The molecule has 6 aliphatic rings. The van der Waals surface area contributed by atoms with Crippen molar-refractivity contribution in [2.45, 2.75) is 255 Å². The second-order valence-electron chi connectivity index (χ2n) is 30.3. The van der Waals surface area contributed by atoms with E-state index in [1.54, 1.807) is 0 Å². The molecule has 3 aromatic rings. The number of esters is 3. The second-order valence-corrected chi connectivity index (χ2v) is 30.3. The van der Waals surface area contributed by atoms with Crippen molar-refractivity contribution in [2.75, 3.05) is 40.6 Å². The summed E-state index contributed by atoms with van der Waals surface area (Å²) in [4.78, 5) is 81.1. The number of carboxylic acid groups (broad SMARTS) is 3. The molecule has 0 spiro atoms. The van der Waals surface area contributed by atoms with Gasteiger partial charge in [0.05, 0.1) is 86.7 Å². The van der Waals surface area contributed by atoms with Crippen molar-refractivity contribution in [3.05, 3.63) is 115 Å². The molecule has 3 aromatic carbocycles. The Labute approximate surface area is 627 Å². The number of carbonyl (C=O) groups is 7. The second kappa shape index (κ2) is 51.0. The van der Waals surface area contributed by atoms with Crippen molar-refractivity contribution in [2.24, 2.45) is 74.9 Å². The topological polar surface area (TPSA) is 267 Å². The van der Waals surface area contributed by atoms with Crippen LogP contribution in [0.2, 0.25) is 0 Å². The van der Waals surface area contributed by atoms with Gasteiger partial charge in [0.2, 0.25) is 0 Å². The maximum Gasteiger partial charge on any atom is 0.312 e. The number of aliphatic hydroxyl groups excluding tert-OH is 2. The molecular formula is C84H133O17Pd-. The molecule has 1 atom stereocenters. The standard InChI is InChI=1S/C27H34O5.C11H20O2.C10H18O2.C9H16O3.C9H16O2.C9H12O.C8H14O2.CH3.Pd/c1-21-12-14-27(20-28,15-13-21)25(29)16-24(19-31-17-22-8-4-2-5-9-22)26(30)32-18-23-10-6-3-7-11-23;1-4-11(10(12)13-3)7-5-9(2)6-8-11;1-3-10(9(11)12)6-4-8(2)5-7-10;1-7-2-4-9(6-10,5-3-7)8(11)12;1-7-3-5-8(6-4-7)9(10)11-2;1-2-10-8-9-6-4-3-5-7-9;1-6-2-4-7(5-3-6)8(9)10;;/h2-11,21,24,28H,12-20H2,1H3;9H,4-8H2,1-3H3;8H,3-7H2,1-2H3,(H,11,12);7,10H,2-6H2,1H3,(H,11,12);7-8H,3-6H2,1-2H3;3-7H,2,8H2,1H3;6-7H,2-5H2,1H3,(H,9,10);1H3;/q;;;;;;;-1;/t21?,24-,27?;;;;;;;;/m0......../s1. The molecule has 0 aromatic heterocycles. The Balaban J connectivity index is 0.000000631. The van der Waals surface area contributed by atoms with Gasteiger partial charge in [0.15, 0.2) is 0 Å². The molecule has 6 aliphatic carbocycles. The van der Waals surface area contributed by atoms with Gasteiger partial charge in [0.25, 0.3) is 0 Å². The summed E-state index contributed by atoms with van der Waals surface area (Å²) in [5.41, 5.74) is 1.03. The van der Waals surface area contributed by atoms with Crippen LogP contribution in [0, 0.1) is 82.3 Å². The van der Waals surface area contributed by atoms with Crippen LogP contribution in [0.25, 0.3) is 0 Å². The predicted octanol–water partition coefficient (Wildman–Crippen LogP) is 18.0. The molecule has 0 amide bonds. The quantitative estimate of drug-likeness (QED) is 0.0271. The zero-order valence-corrected chi connectivity index (χ0v) is 65.9. The minimum Gasteiger partial charge on any atom is -0.481 e. The van der Waals surface area contributed by atoms with Crippen molar-refractivity contribution in [1.82, 2.24) is 0 Å². The summed E-state index contributed by atoms with van der Waals surface area (Å²) >= 11 is 0. The molecule has 0 saturated heterocycles. The number of rotatable bonds is 22. The maximum atomic E-state index is 13.3. The van der Waals surface area contributed by atoms with Gasteiger partial charge in [0.1, 0.15) is 12.4 Å². The summed E-state index contributed by atoms with van der Waals surface area (Å²) in [6.07, 6.45) is 24.6. The first kappa shape index (κ1) is 94.7. The van der Waals surface area contributed by atoms with Crippen molar-refractivity contribution in [3.8, 4) is 0 Å². The number of ether oxygens (including phenoxy) is 5. The van der Waals surface area contributed by atoms with Crippen molar-refractivity contribution < 1.29 is 103 Å². The molecule has 6 saturated carbocycles. The van der Waals surface area contributed by atoms with Gasteiger partial charge in [-0.05, 0) is 226 Å². The molecule has 17 nitrogen and oxygen atoms in total. The Morgan fingerprint density at radius 2 is 0.765 bits per heavy atom. The molecule has 582 valence electrons. The van der Waals surface area contributed by atoms with E-state index in [1.165, 1.54) is 45.5 Å². The fourth-order valence-electron chi connectivity index (χ4n) is 14.2. The van der Waals surface area contributed by atoms with E-state index in [9.17, 15) is 38.7 Å². The first-order valence-corrected chi connectivity index (χ1v) is 37.8. The average Bonchev–Trinajstić information content (AvgIpc) is 0.804. The maximum absolute atomic E-state index is 13.3. The van der Waals surface area contributed by atoms with E-state index in [1.807, 2.05) is 92.7 Å². The van der Waals surface area contributed by atoms with Crippen LogP contribution in [0.5, 0.6) is 0 Å². The van der Waals surface area contributed by atoms with Gasteiger partial charge in [-0.3, -0.25) is 33.6 Å². The summed E-state index contributed by atoms with van der Waals surface area (Å²) in [5, 5.41) is 45.7. The van der Waals surface area contributed by atoms with Gasteiger partial charge >= 0.3 is 35.8 Å². The van der Waals surface area contributed by atoms with E-state index in [-0.39, 0.29) is 101 Å². The van der Waals surface area contributed by atoms with Crippen molar-refractivity contribution in [3.63, 3.8) is 0 Å². The number of hydrogen-bond donors (Lipinski definition) is 5. The number of aliphatic hydroxyl groups is 2. The van der Waals surface area contributed by atoms with Gasteiger partial charge < -0.3 is 56.6 Å². The third kappa shape index (κ3) is 33.4. The zero-order valence-electron chi connectivity index (χ0n) is 64.3. The third-order valence-electron chi connectivity index (χ3n) is 22.7. The Hall–Kier alpha value is -5.35. The number of benzene rings is 3. The summed E-state index contributed by atoms with van der Waals surface area (Å²) in [6, 6.07) is 29.4. The SMILES string of the molecule is CC1CCC(C(=O)O)CC1.CC1CCC(CO)(C(=O)C[C@@H](COCc2ccccc2)C(=O)OCc2ccccc2)CC1.CC1CCC(CO)(C(=O)O)CC1.CCC1(C(=O)O)CCC(C)CC1.CCC1(C(=O)OC)CCC(C)CC1.CCOCc1ccccc1.COC(=O)C1CCC(C)CC1.[CH3-].[Pd]. The van der Waals surface area contributed by atoms with E-state index in [2.05, 4.69) is 65.3 Å². The number of methoxy groups -OCH3 is 2. The van der Waals surface area contributed by atoms with E-state index >= 15 is 0 Å². The molecule has 6 fully saturated rings. The van der Waals surface area contributed by atoms with E-state index in [0.29, 0.717) is 44.1 Å². The Morgan fingerprint density at radius 1 is 0.431 bits per heavy atom. The molecule has 9 rings (SSSR count). The largest absolute Gasteiger partial charge is 0.481 e.